The number of amides is 1. The number of nitrogens with one attached hydrogen (secondary N) is 1. The summed E-state index contributed by atoms with van der Waals surface area (Å²) in [6.45, 7) is 4.93. The van der Waals surface area contributed by atoms with Crippen molar-refractivity contribution >= 4 is 15.9 Å². The lowest BCUT2D eigenvalue weighted by Gasteiger charge is -2.20. The van der Waals surface area contributed by atoms with E-state index in [9.17, 15) is 13.2 Å². The zero-order chi connectivity index (χ0) is 23.8. The molecule has 0 saturated carbocycles. The molecule has 174 valence electrons. The monoisotopic (exact) mass is 469 g/mol. The van der Waals surface area contributed by atoms with E-state index in [4.69, 9.17) is 9.47 Å². The smallest absolute Gasteiger partial charge is 0.253 e. The van der Waals surface area contributed by atoms with Crippen molar-refractivity contribution in [1.82, 2.24) is 14.2 Å². The van der Waals surface area contributed by atoms with Crippen LogP contribution < -0.4 is 14.8 Å². The Labute approximate surface area is 193 Å². The van der Waals surface area contributed by atoms with Crippen LogP contribution in [0.25, 0.3) is 5.69 Å². The van der Waals surface area contributed by atoms with Crippen LogP contribution in [0.3, 0.4) is 0 Å². The van der Waals surface area contributed by atoms with Crippen molar-refractivity contribution in [1.29, 1.82) is 0 Å². The number of benzene rings is 2. The standard InChI is InChI=1S/C24H27N3O5S/c1-16-13-20(17(2)27(16)19-9-10-21-22(14-19)32-12-11-31-21)24(28)25-15-18-7-5-6-8-23(18)33(29,30)26(3)4/h5-10,13-14H,11-12,15H2,1-4H3,(H,25,28). The summed E-state index contributed by atoms with van der Waals surface area (Å²) in [6, 6.07) is 14.2. The van der Waals surface area contributed by atoms with E-state index in [0.717, 1.165) is 21.4 Å². The van der Waals surface area contributed by atoms with E-state index in [1.165, 1.54) is 14.1 Å². The van der Waals surface area contributed by atoms with Crippen LogP contribution in [0.5, 0.6) is 11.5 Å². The Morgan fingerprint density at radius 1 is 1.03 bits per heavy atom. The molecular formula is C24H27N3O5S. The number of fused-ring (bicyclic) bond motifs is 1. The zero-order valence-electron chi connectivity index (χ0n) is 19.1. The lowest BCUT2D eigenvalue weighted by atomic mass is 10.2. The molecule has 0 aliphatic carbocycles. The Kier molecular flexibility index (Phi) is 6.18. The summed E-state index contributed by atoms with van der Waals surface area (Å²) in [6.07, 6.45) is 0. The number of nitrogens with zero attached hydrogens (tertiary/aromatic N) is 2. The number of hydrogen-bond donors (Lipinski definition) is 1. The first-order valence-corrected chi connectivity index (χ1v) is 12.0. The second-order valence-corrected chi connectivity index (χ2v) is 10.1. The highest BCUT2D eigenvalue weighted by molar-refractivity contribution is 7.89. The quantitative estimate of drug-likeness (QED) is 0.599. The zero-order valence-corrected chi connectivity index (χ0v) is 19.9. The third-order valence-electron chi connectivity index (χ3n) is 5.63. The van der Waals surface area contributed by atoms with E-state index in [-0.39, 0.29) is 17.3 Å². The van der Waals surface area contributed by atoms with Gasteiger partial charge in [0, 0.05) is 43.8 Å². The molecule has 9 heteroatoms. The Bertz CT molecular complexity index is 1310. The van der Waals surface area contributed by atoms with Crippen molar-refractivity contribution < 1.29 is 22.7 Å². The van der Waals surface area contributed by atoms with E-state index >= 15 is 0 Å². The van der Waals surface area contributed by atoms with E-state index in [1.807, 2.05) is 42.7 Å². The second kappa shape index (κ2) is 8.92. The highest BCUT2D eigenvalue weighted by atomic mass is 32.2. The maximum absolute atomic E-state index is 13.0. The molecule has 1 N–H and O–H groups in total. The summed E-state index contributed by atoms with van der Waals surface area (Å²) in [5, 5.41) is 2.87. The predicted molar refractivity (Wildman–Crippen MR) is 125 cm³/mol. The van der Waals surface area contributed by atoms with Gasteiger partial charge < -0.3 is 19.4 Å². The largest absolute Gasteiger partial charge is 0.486 e. The first-order valence-electron chi connectivity index (χ1n) is 10.6. The Hall–Kier alpha value is -3.30. The number of aromatic nitrogens is 1. The van der Waals surface area contributed by atoms with Crippen molar-refractivity contribution in [2.24, 2.45) is 0 Å². The van der Waals surface area contributed by atoms with Gasteiger partial charge in [-0.2, -0.15) is 0 Å². The fourth-order valence-electron chi connectivity index (χ4n) is 3.93. The fraction of sp³-hybridized carbons (Fsp3) is 0.292. The summed E-state index contributed by atoms with van der Waals surface area (Å²) in [4.78, 5) is 13.2. The van der Waals surface area contributed by atoms with E-state index in [2.05, 4.69) is 5.32 Å². The molecule has 0 spiro atoms. The molecule has 33 heavy (non-hydrogen) atoms. The summed E-state index contributed by atoms with van der Waals surface area (Å²) in [7, 11) is -0.652. The van der Waals surface area contributed by atoms with Crippen LogP contribution in [-0.2, 0) is 16.6 Å². The molecule has 1 aliphatic rings. The molecule has 0 fully saturated rings. The Balaban J connectivity index is 1.58. The third-order valence-corrected chi connectivity index (χ3v) is 7.55. The second-order valence-electron chi connectivity index (χ2n) is 8.03. The topological polar surface area (TPSA) is 89.9 Å². The summed E-state index contributed by atoms with van der Waals surface area (Å²) < 4.78 is 39.7. The molecule has 3 aromatic rings. The number of rotatable bonds is 6. The van der Waals surface area contributed by atoms with Crippen molar-refractivity contribution in [2.75, 3.05) is 27.3 Å². The number of hydrogen-bond acceptors (Lipinski definition) is 5. The molecular weight excluding hydrogens is 442 g/mol. The number of aryl methyl sites for hydroxylation is 1. The minimum Gasteiger partial charge on any atom is -0.486 e. The first-order chi connectivity index (χ1) is 15.7. The summed E-state index contributed by atoms with van der Waals surface area (Å²) >= 11 is 0. The number of carbonyl (C=O) groups is 1. The van der Waals surface area contributed by atoms with Crippen LogP contribution in [-0.4, -0.2) is 50.5 Å². The van der Waals surface area contributed by atoms with Gasteiger partial charge in [0.1, 0.15) is 13.2 Å². The highest BCUT2D eigenvalue weighted by Crippen LogP contribution is 2.33. The molecule has 2 heterocycles. The number of carbonyl (C=O) groups excluding carboxylic acids is 1. The molecule has 2 aromatic carbocycles. The number of sulfonamides is 1. The number of ether oxygens (including phenoxy) is 2. The molecule has 1 aromatic heterocycles. The van der Waals surface area contributed by atoms with Crippen LogP contribution >= 0.6 is 0 Å². The van der Waals surface area contributed by atoms with E-state index in [0.29, 0.717) is 35.8 Å². The molecule has 0 unspecified atom stereocenters. The van der Waals surface area contributed by atoms with E-state index in [1.54, 1.807) is 24.3 Å². The average molecular weight is 470 g/mol. The van der Waals surface area contributed by atoms with Crippen LogP contribution in [0.1, 0.15) is 27.3 Å². The maximum atomic E-state index is 13.0. The Morgan fingerprint density at radius 2 is 1.73 bits per heavy atom. The molecule has 8 nitrogen and oxygen atoms in total. The van der Waals surface area contributed by atoms with Gasteiger partial charge in [0.25, 0.3) is 5.91 Å². The van der Waals surface area contributed by atoms with Gasteiger partial charge in [-0.15, -0.1) is 0 Å². The molecule has 1 aliphatic heterocycles. The van der Waals surface area contributed by atoms with Crippen LogP contribution in [0.4, 0.5) is 0 Å². The van der Waals surface area contributed by atoms with Crippen molar-refractivity contribution in [3.05, 3.63) is 71.0 Å². The molecule has 0 bridgehead atoms. The van der Waals surface area contributed by atoms with Crippen LogP contribution in [0.2, 0.25) is 0 Å². The normalized spacial score (nSPS) is 13.2. The van der Waals surface area contributed by atoms with Crippen molar-refractivity contribution in [3.8, 4) is 17.2 Å². The lowest BCUT2D eigenvalue weighted by Crippen LogP contribution is -2.27. The van der Waals surface area contributed by atoms with Crippen molar-refractivity contribution in [3.63, 3.8) is 0 Å². The SMILES string of the molecule is Cc1cc(C(=O)NCc2ccccc2S(=O)(=O)N(C)C)c(C)n1-c1ccc2c(c1)OCCO2. The summed E-state index contributed by atoms with van der Waals surface area (Å²) in [5.74, 6) is 1.11. The molecule has 0 radical (unpaired) electrons. The van der Waals surface area contributed by atoms with Gasteiger partial charge in [-0.05, 0) is 43.7 Å². The molecule has 0 atom stereocenters. The van der Waals surface area contributed by atoms with Crippen LogP contribution in [0.15, 0.2) is 53.4 Å². The maximum Gasteiger partial charge on any atom is 0.253 e. The minimum atomic E-state index is -3.62. The lowest BCUT2D eigenvalue weighted by molar-refractivity contribution is 0.0950. The average Bonchev–Trinajstić information content (AvgIpc) is 3.11. The van der Waals surface area contributed by atoms with Gasteiger partial charge in [-0.3, -0.25) is 4.79 Å². The molecule has 0 saturated heterocycles. The first kappa shape index (κ1) is 22.9. The molecule has 1 amide bonds. The van der Waals surface area contributed by atoms with Gasteiger partial charge in [0.15, 0.2) is 11.5 Å². The van der Waals surface area contributed by atoms with Gasteiger partial charge in [-0.25, -0.2) is 12.7 Å². The fourth-order valence-corrected chi connectivity index (χ4v) is 5.05. The minimum absolute atomic E-state index is 0.0930. The van der Waals surface area contributed by atoms with Gasteiger partial charge in [0.05, 0.1) is 10.5 Å². The predicted octanol–water partition coefficient (Wildman–Crippen LogP) is 3.05. The van der Waals surface area contributed by atoms with E-state index < -0.39 is 10.0 Å². The van der Waals surface area contributed by atoms with Gasteiger partial charge in [0.2, 0.25) is 10.0 Å². The van der Waals surface area contributed by atoms with Crippen molar-refractivity contribution in [2.45, 2.75) is 25.3 Å². The molecule has 4 rings (SSSR count). The third kappa shape index (κ3) is 4.34. The van der Waals surface area contributed by atoms with Gasteiger partial charge in [-0.1, -0.05) is 18.2 Å². The summed E-state index contributed by atoms with van der Waals surface area (Å²) in [5.41, 5.74) is 3.59. The Morgan fingerprint density at radius 3 is 2.45 bits per heavy atom. The highest BCUT2D eigenvalue weighted by Gasteiger charge is 2.22. The van der Waals surface area contributed by atoms with Gasteiger partial charge >= 0.3 is 0 Å². The van der Waals surface area contributed by atoms with Crippen LogP contribution in [0, 0.1) is 13.8 Å².